The van der Waals surface area contributed by atoms with Crippen molar-refractivity contribution >= 4 is 39.2 Å². The highest BCUT2D eigenvalue weighted by Gasteiger charge is 2.22. The van der Waals surface area contributed by atoms with Crippen LogP contribution in [0.4, 0.5) is 0 Å². The van der Waals surface area contributed by atoms with E-state index in [4.69, 9.17) is 5.26 Å². The van der Waals surface area contributed by atoms with E-state index < -0.39 is 0 Å². The Morgan fingerprint density at radius 3 is 3.13 bits per heavy atom. The minimum absolute atomic E-state index is 0.0261. The summed E-state index contributed by atoms with van der Waals surface area (Å²) in [6, 6.07) is 1.97. The number of rotatable bonds is 5. The lowest BCUT2D eigenvalue weighted by molar-refractivity contribution is -0.118. The maximum atomic E-state index is 12.6. The number of thioether (sulfide) groups is 1. The molecule has 120 valence electrons. The molecule has 1 amide bonds. The third kappa shape index (κ3) is 3.12. The monoisotopic (exact) mass is 348 g/mol. The van der Waals surface area contributed by atoms with Crippen LogP contribution in [0.3, 0.4) is 0 Å². The van der Waals surface area contributed by atoms with Crippen LogP contribution in [-0.4, -0.2) is 27.8 Å². The van der Waals surface area contributed by atoms with Crippen molar-refractivity contribution in [3.05, 3.63) is 20.8 Å². The Morgan fingerprint density at radius 2 is 2.35 bits per heavy atom. The fourth-order valence-corrected chi connectivity index (χ4v) is 4.78. The van der Waals surface area contributed by atoms with Crippen molar-refractivity contribution in [3.8, 4) is 6.07 Å². The Bertz CT molecular complexity index is 863. The normalized spacial score (nSPS) is 13.0. The molecule has 0 bridgehead atoms. The number of aromatic nitrogens is 2. The number of thiophene rings is 1. The molecular weight excluding hydrogens is 332 g/mol. The number of hydrogen-bond acceptors (Lipinski definition) is 6. The van der Waals surface area contributed by atoms with E-state index >= 15 is 0 Å². The van der Waals surface area contributed by atoms with E-state index in [9.17, 15) is 9.59 Å². The number of hydrogen-bond donors (Lipinski definition) is 1. The number of fused-ring (bicyclic) bond motifs is 3. The highest BCUT2D eigenvalue weighted by Crippen LogP contribution is 2.35. The highest BCUT2D eigenvalue weighted by atomic mass is 32.2. The molecule has 6 nitrogen and oxygen atoms in total. The van der Waals surface area contributed by atoms with Gasteiger partial charge < -0.3 is 5.32 Å². The summed E-state index contributed by atoms with van der Waals surface area (Å²) in [5, 5.41) is 12.4. The van der Waals surface area contributed by atoms with Gasteiger partial charge in [-0.1, -0.05) is 11.8 Å². The molecule has 3 rings (SSSR count). The molecule has 0 atom stereocenters. The third-order valence-electron chi connectivity index (χ3n) is 3.80. The first-order valence-electron chi connectivity index (χ1n) is 7.39. The van der Waals surface area contributed by atoms with Gasteiger partial charge in [-0.15, -0.1) is 11.3 Å². The van der Waals surface area contributed by atoms with Crippen LogP contribution in [0.2, 0.25) is 0 Å². The zero-order valence-corrected chi connectivity index (χ0v) is 14.4. The van der Waals surface area contributed by atoms with Gasteiger partial charge in [-0.05, 0) is 24.8 Å². The quantitative estimate of drug-likeness (QED) is 0.504. The van der Waals surface area contributed by atoms with Gasteiger partial charge in [0.2, 0.25) is 5.91 Å². The van der Waals surface area contributed by atoms with Crippen molar-refractivity contribution in [1.29, 1.82) is 5.26 Å². The number of nitrogens with one attached hydrogen (secondary N) is 1. The summed E-state index contributed by atoms with van der Waals surface area (Å²) >= 11 is 2.85. The second-order valence-electron chi connectivity index (χ2n) is 5.34. The van der Waals surface area contributed by atoms with Gasteiger partial charge in [0, 0.05) is 18.5 Å². The Kier molecular flexibility index (Phi) is 4.68. The lowest BCUT2D eigenvalue weighted by atomic mass is 10.2. The average molecular weight is 348 g/mol. The molecule has 2 aromatic rings. The van der Waals surface area contributed by atoms with Gasteiger partial charge in [-0.2, -0.15) is 5.26 Å². The van der Waals surface area contributed by atoms with Crippen LogP contribution < -0.4 is 10.9 Å². The Morgan fingerprint density at radius 1 is 1.52 bits per heavy atom. The van der Waals surface area contributed by atoms with Crippen LogP contribution in [0.25, 0.3) is 10.2 Å². The molecule has 0 fully saturated rings. The largest absolute Gasteiger partial charge is 0.354 e. The Balaban J connectivity index is 1.80. The molecule has 2 heterocycles. The van der Waals surface area contributed by atoms with Crippen molar-refractivity contribution in [2.45, 2.75) is 30.8 Å². The molecule has 0 saturated heterocycles. The van der Waals surface area contributed by atoms with E-state index in [2.05, 4.69) is 10.3 Å². The van der Waals surface area contributed by atoms with Crippen molar-refractivity contribution in [2.75, 3.05) is 12.3 Å². The molecule has 2 aromatic heterocycles. The first-order valence-corrected chi connectivity index (χ1v) is 9.19. The highest BCUT2D eigenvalue weighted by molar-refractivity contribution is 7.99. The summed E-state index contributed by atoms with van der Waals surface area (Å²) < 4.78 is 1.53. The van der Waals surface area contributed by atoms with E-state index in [1.807, 2.05) is 6.07 Å². The number of nitrogens with zero attached hydrogens (tertiary/aromatic N) is 3. The lowest BCUT2D eigenvalue weighted by Gasteiger charge is -2.07. The summed E-state index contributed by atoms with van der Waals surface area (Å²) in [4.78, 5) is 31.0. The van der Waals surface area contributed by atoms with Gasteiger partial charge in [0.15, 0.2) is 5.16 Å². The molecule has 0 aromatic carbocycles. The molecule has 1 aliphatic carbocycles. The van der Waals surface area contributed by atoms with E-state index in [-0.39, 0.29) is 17.2 Å². The zero-order valence-electron chi connectivity index (χ0n) is 12.7. The molecule has 0 aliphatic heterocycles. The van der Waals surface area contributed by atoms with Crippen molar-refractivity contribution < 1.29 is 4.79 Å². The fourth-order valence-electron chi connectivity index (χ4n) is 2.67. The minimum atomic E-state index is -0.159. The van der Waals surface area contributed by atoms with Crippen LogP contribution in [0.5, 0.6) is 0 Å². The van der Waals surface area contributed by atoms with Crippen LogP contribution in [0.1, 0.15) is 23.3 Å². The van der Waals surface area contributed by atoms with Gasteiger partial charge >= 0.3 is 0 Å². The van der Waals surface area contributed by atoms with Gasteiger partial charge in [-0.25, -0.2) is 4.98 Å². The first kappa shape index (κ1) is 16.0. The number of carbonyl (C=O) groups excluding carboxylic acids is 1. The maximum Gasteiger partial charge on any atom is 0.262 e. The third-order valence-corrected chi connectivity index (χ3v) is 6.01. The molecule has 0 radical (unpaired) electrons. The van der Waals surface area contributed by atoms with E-state index in [1.54, 1.807) is 18.4 Å². The van der Waals surface area contributed by atoms with Crippen molar-refractivity contribution in [2.24, 2.45) is 7.05 Å². The van der Waals surface area contributed by atoms with E-state index in [0.717, 1.165) is 29.5 Å². The number of carbonyl (C=O) groups is 1. The van der Waals surface area contributed by atoms with Crippen LogP contribution in [0.15, 0.2) is 9.95 Å². The predicted octanol–water partition coefficient (Wildman–Crippen LogP) is 1.61. The maximum absolute atomic E-state index is 12.6. The molecule has 1 N–H and O–H groups in total. The molecular formula is C15H16N4O2S2. The second-order valence-corrected chi connectivity index (χ2v) is 7.37. The first-order chi connectivity index (χ1) is 11.1. The summed E-state index contributed by atoms with van der Waals surface area (Å²) in [5.41, 5.74) is 1.14. The van der Waals surface area contributed by atoms with Crippen LogP contribution in [-0.2, 0) is 24.7 Å². The van der Waals surface area contributed by atoms with Crippen LogP contribution >= 0.6 is 23.1 Å². The van der Waals surface area contributed by atoms with Gasteiger partial charge in [-0.3, -0.25) is 14.2 Å². The number of amides is 1. The van der Waals surface area contributed by atoms with E-state index in [1.165, 1.54) is 26.8 Å². The summed E-state index contributed by atoms with van der Waals surface area (Å²) in [5.74, 6) is 0.0238. The number of aryl methyl sites for hydroxylation is 2. The summed E-state index contributed by atoms with van der Waals surface area (Å²) in [6.07, 6.45) is 3.39. The lowest BCUT2D eigenvalue weighted by Crippen LogP contribution is -2.27. The second kappa shape index (κ2) is 6.72. The smallest absolute Gasteiger partial charge is 0.262 e. The Hall–Kier alpha value is -1.85. The fraction of sp³-hybridized carbons (Fsp3) is 0.467. The molecule has 0 spiro atoms. The van der Waals surface area contributed by atoms with Crippen LogP contribution in [0, 0.1) is 11.3 Å². The summed E-state index contributed by atoms with van der Waals surface area (Å²) in [6.45, 7) is 0.346. The van der Waals surface area contributed by atoms with Crippen molar-refractivity contribution in [1.82, 2.24) is 14.9 Å². The number of nitriles is 1. The Labute approximate surface area is 141 Å². The van der Waals surface area contributed by atoms with E-state index in [0.29, 0.717) is 18.1 Å². The molecule has 0 saturated carbocycles. The SMILES string of the molecule is Cn1c(SCC(=O)NCCC#N)nc2sc3c(c2c1=O)CCC3. The molecule has 1 aliphatic rings. The standard InChI is InChI=1S/C15H16N4O2S2/c1-19-14(21)12-9-4-2-5-10(9)23-13(12)18-15(19)22-8-11(20)17-7-3-6-16/h2-5,7-8H2,1H3,(H,17,20). The minimum Gasteiger partial charge on any atom is -0.354 e. The predicted molar refractivity (Wildman–Crippen MR) is 90.8 cm³/mol. The average Bonchev–Trinajstić information content (AvgIpc) is 3.10. The van der Waals surface area contributed by atoms with Gasteiger partial charge in [0.1, 0.15) is 4.83 Å². The topological polar surface area (TPSA) is 87.8 Å². The summed E-state index contributed by atoms with van der Waals surface area (Å²) in [7, 11) is 1.70. The van der Waals surface area contributed by atoms with Gasteiger partial charge in [0.05, 0.1) is 23.6 Å². The van der Waals surface area contributed by atoms with Crippen molar-refractivity contribution in [3.63, 3.8) is 0 Å². The molecule has 8 heteroatoms. The van der Waals surface area contributed by atoms with Gasteiger partial charge in [0.25, 0.3) is 5.56 Å². The zero-order chi connectivity index (χ0) is 16.4. The molecule has 23 heavy (non-hydrogen) atoms. The molecule has 0 unspecified atom stereocenters.